The van der Waals surface area contributed by atoms with Crippen molar-refractivity contribution in [1.29, 1.82) is 0 Å². The molecule has 1 fully saturated rings. The number of nitrogens with one attached hydrogen (secondary N) is 1. The quantitative estimate of drug-likeness (QED) is 0.495. The van der Waals surface area contributed by atoms with E-state index in [9.17, 15) is 9.90 Å². The maximum Gasteiger partial charge on any atom is 0.191 e. The largest absolute Gasteiger partial charge is 0.391 e. The van der Waals surface area contributed by atoms with Crippen LogP contribution in [0.15, 0.2) is 60.7 Å². The zero-order valence-electron chi connectivity index (χ0n) is 14.7. The van der Waals surface area contributed by atoms with E-state index >= 15 is 0 Å². The van der Waals surface area contributed by atoms with Crippen molar-refractivity contribution in [2.75, 3.05) is 13.2 Å². The fraction of sp³-hybridized carbons (Fsp3) is 0.381. The van der Waals surface area contributed by atoms with Gasteiger partial charge in [0.05, 0.1) is 6.10 Å². The molecule has 0 aromatic heterocycles. The first-order chi connectivity index (χ1) is 12.2. The van der Waals surface area contributed by atoms with Crippen molar-refractivity contribution in [3.05, 3.63) is 71.8 Å². The van der Waals surface area contributed by atoms with Crippen molar-refractivity contribution in [2.24, 2.45) is 0 Å². The third kappa shape index (κ3) is 6.22. The second kappa shape index (κ2) is 10.4. The second-order valence-electron chi connectivity index (χ2n) is 6.50. The van der Waals surface area contributed by atoms with Gasteiger partial charge < -0.3 is 15.2 Å². The van der Waals surface area contributed by atoms with Crippen molar-refractivity contribution in [1.82, 2.24) is 5.32 Å². The molecule has 0 radical (unpaired) electrons. The Morgan fingerprint density at radius 2 is 1.73 bits per heavy atom. The summed E-state index contributed by atoms with van der Waals surface area (Å²) in [5, 5.41) is 12.6. The minimum atomic E-state index is -0.476. The van der Waals surface area contributed by atoms with Crippen LogP contribution in [0.25, 0.3) is 0 Å². The van der Waals surface area contributed by atoms with E-state index in [1.165, 1.54) is 0 Å². The van der Waals surface area contributed by atoms with Gasteiger partial charge in [0, 0.05) is 24.6 Å². The summed E-state index contributed by atoms with van der Waals surface area (Å²) in [7, 11) is 0. The first kappa shape index (κ1) is 20.6. The summed E-state index contributed by atoms with van der Waals surface area (Å²) in [5.41, 5.74) is 1.78. The van der Waals surface area contributed by atoms with Crippen LogP contribution >= 0.6 is 12.4 Å². The predicted molar refractivity (Wildman–Crippen MR) is 105 cm³/mol. The van der Waals surface area contributed by atoms with Crippen LogP contribution in [0.5, 0.6) is 0 Å². The van der Waals surface area contributed by atoms with Crippen LogP contribution in [0.1, 0.15) is 28.8 Å². The molecule has 3 atom stereocenters. The normalized spacial score (nSPS) is 19.4. The molecule has 1 saturated carbocycles. The molecule has 140 valence electrons. The Kier molecular flexibility index (Phi) is 8.26. The van der Waals surface area contributed by atoms with Crippen LogP contribution in [-0.4, -0.2) is 42.3 Å². The number of carbonyl (C=O) groups is 1. The van der Waals surface area contributed by atoms with Crippen LogP contribution in [0.3, 0.4) is 0 Å². The van der Waals surface area contributed by atoms with Gasteiger partial charge in [0.2, 0.25) is 0 Å². The number of halogens is 1. The summed E-state index contributed by atoms with van der Waals surface area (Å²) >= 11 is 0. The molecular formula is C21H26ClNO3. The van der Waals surface area contributed by atoms with Crippen LogP contribution in [0, 0.1) is 0 Å². The van der Waals surface area contributed by atoms with Crippen LogP contribution in [-0.2, 0) is 11.2 Å². The van der Waals surface area contributed by atoms with Crippen LogP contribution in [0.4, 0.5) is 0 Å². The van der Waals surface area contributed by atoms with E-state index in [0.29, 0.717) is 18.6 Å². The first-order valence-corrected chi connectivity index (χ1v) is 8.90. The molecule has 3 unspecified atom stereocenters. The number of aliphatic hydroxyl groups is 1. The molecular weight excluding hydrogens is 350 g/mol. The van der Waals surface area contributed by atoms with Crippen LogP contribution in [0.2, 0.25) is 0 Å². The minimum absolute atomic E-state index is 0. The Morgan fingerprint density at radius 1 is 1.12 bits per heavy atom. The Balaban J connectivity index is 0.00000243. The van der Waals surface area contributed by atoms with Crippen molar-refractivity contribution in [2.45, 2.75) is 37.5 Å². The Hall–Kier alpha value is -1.72. The van der Waals surface area contributed by atoms with Gasteiger partial charge in [0.1, 0.15) is 6.10 Å². The fourth-order valence-electron chi connectivity index (χ4n) is 2.83. The monoisotopic (exact) mass is 375 g/mol. The van der Waals surface area contributed by atoms with E-state index in [1.54, 1.807) is 0 Å². The van der Waals surface area contributed by atoms with Gasteiger partial charge in [-0.3, -0.25) is 4.79 Å². The van der Waals surface area contributed by atoms with Crippen molar-refractivity contribution in [3.8, 4) is 0 Å². The van der Waals surface area contributed by atoms with E-state index in [1.807, 2.05) is 60.7 Å². The van der Waals surface area contributed by atoms with E-state index < -0.39 is 6.10 Å². The number of aliphatic hydroxyl groups excluding tert-OH is 1. The number of hydrogen-bond donors (Lipinski definition) is 2. The third-order valence-corrected chi connectivity index (χ3v) is 4.42. The zero-order valence-corrected chi connectivity index (χ0v) is 15.5. The van der Waals surface area contributed by atoms with Gasteiger partial charge >= 0.3 is 0 Å². The van der Waals surface area contributed by atoms with Gasteiger partial charge in [-0.2, -0.15) is 0 Å². The zero-order chi connectivity index (χ0) is 17.5. The van der Waals surface area contributed by atoms with Gasteiger partial charge in [-0.1, -0.05) is 60.7 Å². The predicted octanol–water partition coefficient (Wildman–Crippen LogP) is 3.03. The molecule has 0 bridgehead atoms. The van der Waals surface area contributed by atoms with E-state index in [0.717, 1.165) is 24.9 Å². The number of carbonyl (C=O) groups excluding carboxylic acids is 1. The van der Waals surface area contributed by atoms with E-state index in [4.69, 9.17) is 4.74 Å². The Labute approximate surface area is 161 Å². The van der Waals surface area contributed by atoms with Gasteiger partial charge in [-0.05, 0) is 24.9 Å². The molecule has 1 aliphatic carbocycles. The lowest BCUT2D eigenvalue weighted by atomic mass is 10.00. The molecule has 0 heterocycles. The number of ketones is 1. The summed E-state index contributed by atoms with van der Waals surface area (Å²) < 4.78 is 5.94. The second-order valence-corrected chi connectivity index (χ2v) is 6.50. The molecule has 3 rings (SSSR count). The first-order valence-electron chi connectivity index (χ1n) is 8.90. The lowest BCUT2D eigenvalue weighted by molar-refractivity contribution is 0.0403. The number of rotatable bonds is 10. The standard InChI is InChI=1S/C21H25NO3.ClH/c23-19-15-18(19)22-12-7-13-25-20(14-16-8-3-1-4-9-16)21(24)17-10-5-2-6-11-17;/h1-6,8-11,18-20,22-23H,7,12-15H2;1H. The molecule has 2 aromatic carbocycles. The lowest BCUT2D eigenvalue weighted by Gasteiger charge is -2.17. The molecule has 0 saturated heterocycles. The van der Waals surface area contributed by atoms with Gasteiger partial charge in [0.15, 0.2) is 5.78 Å². The topological polar surface area (TPSA) is 58.6 Å². The lowest BCUT2D eigenvalue weighted by Crippen LogP contribution is -2.29. The molecule has 4 nitrogen and oxygen atoms in total. The Bertz CT molecular complexity index is 665. The van der Waals surface area contributed by atoms with E-state index in [2.05, 4.69) is 5.32 Å². The van der Waals surface area contributed by atoms with Gasteiger partial charge in [-0.15, -0.1) is 12.4 Å². The summed E-state index contributed by atoms with van der Waals surface area (Å²) in [4.78, 5) is 12.8. The van der Waals surface area contributed by atoms with Crippen molar-refractivity contribution < 1.29 is 14.6 Å². The highest BCUT2D eigenvalue weighted by Gasteiger charge is 2.34. The molecule has 26 heavy (non-hydrogen) atoms. The number of ether oxygens (including phenoxy) is 1. The average molecular weight is 376 g/mol. The maximum absolute atomic E-state index is 12.8. The summed E-state index contributed by atoms with van der Waals surface area (Å²) in [6.45, 7) is 1.31. The molecule has 2 N–H and O–H groups in total. The highest BCUT2D eigenvalue weighted by Crippen LogP contribution is 2.20. The van der Waals surface area contributed by atoms with Crippen molar-refractivity contribution >= 4 is 18.2 Å². The Morgan fingerprint density at radius 3 is 2.35 bits per heavy atom. The molecule has 0 spiro atoms. The smallest absolute Gasteiger partial charge is 0.191 e. The van der Waals surface area contributed by atoms with Crippen molar-refractivity contribution in [3.63, 3.8) is 0 Å². The minimum Gasteiger partial charge on any atom is -0.391 e. The number of hydrogen-bond acceptors (Lipinski definition) is 4. The third-order valence-electron chi connectivity index (χ3n) is 4.42. The van der Waals surface area contributed by atoms with Crippen LogP contribution < -0.4 is 5.32 Å². The molecule has 0 aliphatic heterocycles. The molecule has 2 aromatic rings. The number of benzene rings is 2. The SMILES string of the molecule is Cl.O=C(c1ccccc1)C(Cc1ccccc1)OCCCNC1CC1O. The molecule has 1 aliphatic rings. The summed E-state index contributed by atoms with van der Waals surface area (Å²) in [6, 6.07) is 19.5. The van der Waals surface area contributed by atoms with E-state index in [-0.39, 0.29) is 30.3 Å². The molecule has 5 heteroatoms. The number of Topliss-reactive ketones (excluding diaryl/α,β-unsaturated/α-hetero) is 1. The van der Waals surface area contributed by atoms with Gasteiger partial charge in [-0.25, -0.2) is 0 Å². The maximum atomic E-state index is 12.8. The summed E-state index contributed by atoms with van der Waals surface area (Å²) in [6.07, 6.45) is 1.56. The fourth-order valence-corrected chi connectivity index (χ4v) is 2.83. The summed E-state index contributed by atoms with van der Waals surface area (Å²) in [5.74, 6) is 0.0232. The molecule has 0 amide bonds. The average Bonchev–Trinajstić information content (AvgIpc) is 3.36. The highest BCUT2D eigenvalue weighted by atomic mass is 35.5. The highest BCUT2D eigenvalue weighted by molar-refractivity contribution is 5.99. The van der Waals surface area contributed by atoms with Gasteiger partial charge in [0.25, 0.3) is 0 Å².